The van der Waals surface area contributed by atoms with E-state index in [1.54, 1.807) is 0 Å². The monoisotopic (exact) mass is 532 g/mol. The molecule has 0 amide bonds. The van der Waals surface area contributed by atoms with Gasteiger partial charge in [-0.05, 0) is 70.8 Å². The number of hydrogen-bond acceptors (Lipinski definition) is 0. The molecule has 0 N–H and O–H groups in total. The van der Waals surface area contributed by atoms with E-state index in [1.165, 1.54) is 109 Å². The van der Waals surface area contributed by atoms with Crippen LogP contribution in [0.4, 0.5) is 0 Å². The van der Waals surface area contributed by atoms with E-state index in [0.717, 1.165) is 0 Å². The fraction of sp³-hybridized carbons (Fsp3) is 0.0500. The lowest BCUT2D eigenvalue weighted by Crippen LogP contribution is -1.92. The molecule has 0 saturated heterocycles. The van der Waals surface area contributed by atoms with Crippen LogP contribution in [0.25, 0.3) is 97.7 Å². The zero-order valence-corrected chi connectivity index (χ0v) is 23.3. The van der Waals surface area contributed by atoms with E-state index in [0.29, 0.717) is 0 Å². The molecule has 0 aliphatic heterocycles. The van der Waals surface area contributed by atoms with Crippen molar-refractivity contribution in [3.63, 3.8) is 0 Å². The van der Waals surface area contributed by atoms with Gasteiger partial charge in [-0.25, -0.2) is 0 Å². The number of hydrogen-bond donors (Lipinski definition) is 0. The molecule has 0 bridgehead atoms. The first-order chi connectivity index (χ1) is 20.7. The minimum Gasteiger partial charge on any atom is -0.308 e. The van der Waals surface area contributed by atoms with Gasteiger partial charge in [-0.3, -0.25) is 0 Å². The second-order valence-electron chi connectivity index (χ2n) is 12.2. The zero-order valence-electron chi connectivity index (χ0n) is 23.3. The smallest absolute Gasteiger partial charge is 0.0620 e. The highest BCUT2D eigenvalue weighted by Gasteiger charge is 2.26. The summed E-state index contributed by atoms with van der Waals surface area (Å²) < 4.78 is 5.15. The molecule has 11 aromatic rings. The summed E-state index contributed by atoms with van der Waals surface area (Å²) in [5, 5.41) is 16.0. The first-order valence-corrected chi connectivity index (χ1v) is 14.8. The maximum Gasteiger partial charge on any atom is 0.0620 e. The van der Waals surface area contributed by atoms with Gasteiger partial charge in [-0.1, -0.05) is 84.9 Å². The molecule has 11 rings (SSSR count). The van der Waals surface area contributed by atoms with Gasteiger partial charge in [-0.15, -0.1) is 0 Å². The molecular weight excluding hydrogens is 508 g/mol. The molecule has 4 heterocycles. The van der Waals surface area contributed by atoms with E-state index in [9.17, 15) is 0 Å². The van der Waals surface area contributed by atoms with Crippen molar-refractivity contribution >= 4 is 97.7 Å². The third kappa shape index (κ3) is 2.23. The van der Waals surface area contributed by atoms with Crippen LogP contribution in [0.15, 0.2) is 109 Å². The van der Waals surface area contributed by atoms with Crippen molar-refractivity contribution in [1.82, 2.24) is 8.80 Å². The van der Waals surface area contributed by atoms with Crippen molar-refractivity contribution in [3.8, 4) is 0 Å². The number of nitrogens with zero attached hydrogens (tertiary/aromatic N) is 2. The van der Waals surface area contributed by atoms with Crippen molar-refractivity contribution in [1.29, 1.82) is 0 Å². The van der Waals surface area contributed by atoms with Crippen LogP contribution < -0.4 is 0 Å². The number of para-hydroxylation sites is 2. The molecule has 0 aliphatic rings. The third-order valence-electron chi connectivity index (χ3n) is 10.2. The number of fused-ring (bicyclic) bond motifs is 14. The van der Waals surface area contributed by atoms with E-state index in [1.807, 2.05) is 0 Å². The number of rotatable bonds is 0. The molecular formula is C40H24N2. The topological polar surface area (TPSA) is 8.82 Å². The zero-order chi connectivity index (χ0) is 27.4. The minimum absolute atomic E-state index is 1.28. The van der Waals surface area contributed by atoms with Gasteiger partial charge in [0.15, 0.2) is 0 Å². The van der Waals surface area contributed by atoms with Gasteiger partial charge < -0.3 is 8.80 Å². The van der Waals surface area contributed by atoms with Crippen LogP contribution in [-0.2, 0) is 0 Å². The normalized spacial score (nSPS) is 13.0. The Hall–Kier alpha value is -5.34. The van der Waals surface area contributed by atoms with Crippen molar-refractivity contribution in [2.45, 2.75) is 13.8 Å². The molecule has 0 fully saturated rings. The van der Waals surface area contributed by atoms with Gasteiger partial charge in [0.2, 0.25) is 0 Å². The molecule has 0 atom stereocenters. The maximum atomic E-state index is 2.58. The highest BCUT2D eigenvalue weighted by Crippen LogP contribution is 2.48. The number of aromatic nitrogens is 2. The van der Waals surface area contributed by atoms with E-state index < -0.39 is 0 Å². The van der Waals surface area contributed by atoms with E-state index >= 15 is 0 Å². The Balaban J connectivity index is 1.46. The highest BCUT2D eigenvalue weighted by molar-refractivity contribution is 6.32. The van der Waals surface area contributed by atoms with Crippen molar-refractivity contribution in [2.24, 2.45) is 0 Å². The van der Waals surface area contributed by atoms with E-state index in [-0.39, 0.29) is 0 Å². The molecule has 0 aliphatic carbocycles. The molecule has 42 heavy (non-hydrogen) atoms. The van der Waals surface area contributed by atoms with Crippen LogP contribution >= 0.6 is 0 Å². The molecule has 7 aromatic carbocycles. The fourth-order valence-corrected chi connectivity index (χ4v) is 8.56. The summed E-state index contributed by atoms with van der Waals surface area (Å²) in [5.74, 6) is 0. The van der Waals surface area contributed by atoms with Gasteiger partial charge >= 0.3 is 0 Å². The second-order valence-corrected chi connectivity index (χ2v) is 12.2. The predicted molar refractivity (Wildman–Crippen MR) is 180 cm³/mol. The number of aryl methyl sites for hydroxylation is 2. The predicted octanol–water partition coefficient (Wildman–Crippen LogP) is 10.9. The first-order valence-electron chi connectivity index (χ1n) is 14.8. The lowest BCUT2D eigenvalue weighted by atomic mass is 9.96. The number of benzene rings is 7. The lowest BCUT2D eigenvalue weighted by molar-refractivity contribution is 1.31. The van der Waals surface area contributed by atoms with Crippen molar-refractivity contribution < 1.29 is 0 Å². The Morgan fingerprint density at radius 2 is 0.762 bits per heavy atom. The molecule has 4 aromatic heterocycles. The van der Waals surface area contributed by atoms with Crippen LogP contribution in [-0.4, -0.2) is 8.80 Å². The molecule has 2 nitrogen and oxygen atoms in total. The minimum atomic E-state index is 1.28. The Morgan fingerprint density at radius 3 is 1.21 bits per heavy atom. The average molecular weight is 533 g/mol. The summed E-state index contributed by atoms with van der Waals surface area (Å²) in [5.41, 5.74) is 10.7. The SMILES string of the molecule is Cc1c2c3cccc4c5cc6ccccc6cc5n(c2c(C)c2c1c1cccc5c6cc7ccccc7cc6n2c51)c43. The van der Waals surface area contributed by atoms with Crippen LogP contribution in [0, 0.1) is 13.8 Å². The average Bonchev–Trinajstić information content (AvgIpc) is 3.75. The fourth-order valence-electron chi connectivity index (χ4n) is 8.56. The third-order valence-corrected chi connectivity index (χ3v) is 10.2. The molecule has 194 valence electrons. The standard InChI is InChI=1S/C40H24N2/c1-21-35-29-15-7-13-27-31-17-23-9-3-5-11-25(23)19-33(31)41(39(27)29)37(35)22(2)38-36(21)30-16-8-14-28-32-18-24-10-4-6-12-26(24)20-34(32)42(38)40(28)30/h3-20H,1-2H3. The molecule has 2 heteroatoms. The van der Waals surface area contributed by atoms with Gasteiger partial charge in [0.05, 0.1) is 33.1 Å². The summed E-state index contributed by atoms with van der Waals surface area (Å²) in [6.07, 6.45) is 0. The van der Waals surface area contributed by atoms with Gasteiger partial charge in [0.25, 0.3) is 0 Å². The summed E-state index contributed by atoms with van der Waals surface area (Å²) in [6.45, 7) is 4.70. The maximum absolute atomic E-state index is 2.58. The van der Waals surface area contributed by atoms with Gasteiger partial charge in [-0.2, -0.15) is 0 Å². The Bertz CT molecular complexity index is 2770. The summed E-state index contributed by atoms with van der Waals surface area (Å²) in [7, 11) is 0. The van der Waals surface area contributed by atoms with Crippen molar-refractivity contribution in [3.05, 3.63) is 120 Å². The molecule has 0 saturated carbocycles. The van der Waals surface area contributed by atoms with Crippen LogP contribution in [0.5, 0.6) is 0 Å². The summed E-state index contributed by atoms with van der Waals surface area (Å²) in [4.78, 5) is 0. The Kier molecular flexibility index (Phi) is 3.53. The van der Waals surface area contributed by atoms with E-state index in [2.05, 4.69) is 132 Å². The summed E-state index contributed by atoms with van der Waals surface area (Å²) in [6, 6.07) is 40.8. The van der Waals surface area contributed by atoms with Crippen LogP contribution in [0.1, 0.15) is 11.1 Å². The Labute approximate surface area is 240 Å². The lowest BCUT2D eigenvalue weighted by Gasteiger charge is -2.10. The molecule has 0 unspecified atom stereocenters. The largest absolute Gasteiger partial charge is 0.308 e. The van der Waals surface area contributed by atoms with Gasteiger partial charge in [0.1, 0.15) is 0 Å². The second kappa shape index (κ2) is 6.92. The Morgan fingerprint density at radius 1 is 0.357 bits per heavy atom. The van der Waals surface area contributed by atoms with Crippen LogP contribution in [0.2, 0.25) is 0 Å². The first kappa shape index (κ1) is 21.4. The van der Waals surface area contributed by atoms with Crippen LogP contribution in [0.3, 0.4) is 0 Å². The van der Waals surface area contributed by atoms with E-state index in [4.69, 9.17) is 0 Å². The van der Waals surface area contributed by atoms with Crippen molar-refractivity contribution in [2.75, 3.05) is 0 Å². The highest BCUT2D eigenvalue weighted by atomic mass is 14.9. The van der Waals surface area contributed by atoms with Gasteiger partial charge in [0, 0.05) is 43.1 Å². The molecule has 0 spiro atoms. The quantitative estimate of drug-likeness (QED) is 0.184. The summed E-state index contributed by atoms with van der Waals surface area (Å²) >= 11 is 0. The molecule has 0 radical (unpaired) electrons.